The van der Waals surface area contributed by atoms with Gasteiger partial charge >= 0.3 is 0 Å². The van der Waals surface area contributed by atoms with Crippen LogP contribution in [-0.4, -0.2) is 51.9 Å². The summed E-state index contributed by atoms with van der Waals surface area (Å²) in [5.41, 5.74) is 4.51. The van der Waals surface area contributed by atoms with Crippen LogP contribution in [0.15, 0.2) is 48.8 Å². The van der Waals surface area contributed by atoms with Crippen molar-refractivity contribution in [3.63, 3.8) is 0 Å². The number of aromatic amines is 1. The maximum atomic E-state index is 12.5. The summed E-state index contributed by atoms with van der Waals surface area (Å²) in [5.74, 6) is 0.102. The molecular weight excluding hydrogens is 312 g/mol. The first kappa shape index (κ1) is 15.8. The van der Waals surface area contributed by atoms with Crippen molar-refractivity contribution in [1.29, 1.82) is 0 Å². The number of hydrogen-bond acceptors (Lipinski definition) is 3. The minimum Gasteiger partial charge on any atom is -0.358 e. The van der Waals surface area contributed by atoms with Gasteiger partial charge in [-0.1, -0.05) is 18.2 Å². The zero-order valence-corrected chi connectivity index (χ0v) is 14.4. The molecule has 5 nitrogen and oxygen atoms in total. The summed E-state index contributed by atoms with van der Waals surface area (Å²) in [6, 6.07) is 12.0. The van der Waals surface area contributed by atoms with E-state index < -0.39 is 0 Å². The number of nitrogens with one attached hydrogen (secondary N) is 1. The van der Waals surface area contributed by atoms with Crippen molar-refractivity contribution in [2.45, 2.75) is 13.5 Å². The molecule has 0 radical (unpaired) electrons. The van der Waals surface area contributed by atoms with Crippen molar-refractivity contribution in [1.82, 2.24) is 19.8 Å². The lowest BCUT2D eigenvalue weighted by Crippen LogP contribution is -2.48. The van der Waals surface area contributed by atoms with Gasteiger partial charge in [0.15, 0.2) is 0 Å². The summed E-state index contributed by atoms with van der Waals surface area (Å²) in [6.07, 6.45) is 3.34. The molecule has 0 aliphatic carbocycles. The van der Waals surface area contributed by atoms with E-state index in [0.29, 0.717) is 0 Å². The summed E-state index contributed by atoms with van der Waals surface area (Å²) in [5, 5.41) is 1.30. The molecule has 25 heavy (non-hydrogen) atoms. The smallest absolute Gasteiger partial charge is 0.254 e. The Morgan fingerprint density at radius 3 is 2.56 bits per heavy atom. The highest BCUT2D eigenvalue weighted by molar-refractivity contribution is 5.94. The molecule has 3 heterocycles. The van der Waals surface area contributed by atoms with Crippen molar-refractivity contribution in [3.05, 3.63) is 65.6 Å². The van der Waals surface area contributed by atoms with E-state index in [0.717, 1.165) is 38.3 Å². The third kappa shape index (κ3) is 3.15. The molecule has 4 rings (SSSR count). The summed E-state index contributed by atoms with van der Waals surface area (Å²) in [6.45, 7) is 6.39. The van der Waals surface area contributed by atoms with Crippen molar-refractivity contribution in [2.75, 3.05) is 26.2 Å². The number of H-pyrrole nitrogens is 1. The fourth-order valence-electron chi connectivity index (χ4n) is 3.55. The predicted octanol–water partition coefficient (Wildman–Crippen LogP) is 2.83. The number of fused-ring (bicyclic) bond motifs is 1. The Balaban J connectivity index is 1.42. The maximum Gasteiger partial charge on any atom is 0.254 e. The Hall–Kier alpha value is -2.66. The van der Waals surface area contributed by atoms with Crippen LogP contribution < -0.4 is 0 Å². The van der Waals surface area contributed by atoms with Crippen molar-refractivity contribution >= 4 is 16.8 Å². The molecule has 1 aliphatic heterocycles. The van der Waals surface area contributed by atoms with Crippen molar-refractivity contribution in [2.24, 2.45) is 0 Å². The van der Waals surface area contributed by atoms with E-state index in [1.807, 2.05) is 4.90 Å². The molecule has 0 saturated carbocycles. The van der Waals surface area contributed by atoms with E-state index >= 15 is 0 Å². The van der Waals surface area contributed by atoms with Gasteiger partial charge in [0, 0.05) is 67.3 Å². The molecule has 1 saturated heterocycles. The Kier molecular flexibility index (Phi) is 4.24. The number of hydrogen-bond donors (Lipinski definition) is 1. The average molecular weight is 334 g/mol. The summed E-state index contributed by atoms with van der Waals surface area (Å²) >= 11 is 0. The van der Waals surface area contributed by atoms with Crippen LogP contribution in [0.5, 0.6) is 0 Å². The van der Waals surface area contributed by atoms with Crippen LogP contribution >= 0.6 is 0 Å². The third-order valence-electron chi connectivity index (χ3n) is 5.00. The Labute approximate surface area is 147 Å². The number of aryl methyl sites for hydroxylation is 1. The number of piperazine rings is 1. The van der Waals surface area contributed by atoms with E-state index in [1.165, 1.54) is 22.2 Å². The molecule has 1 aromatic carbocycles. The number of carbonyl (C=O) groups is 1. The SMILES string of the molecule is Cc1[nH]c2ccccc2c1CN1CCN(C(=O)c2ccncc2)CC1. The lowest BCUT2D eigenvalue weighted by molar-refractivity contribution is 0.0628. The highest BCUT2D eigenvalue weighted by atomic mass is 16.2. The first-order valence-electron chi connectivity index (χ1n) is 8.70. The minimum atomic E-state index is 0.102. The number of carbonyl (C=O) groups excluding carboxylic acids is 1. The topological polar surface area (TPSA) is 52.2 Å². The van der Waals surface area contributed by atoms with Crippen molar-refractivity contribution in [3.8, 4) is 0 Å². The average Bonchev–Trinajstić information content (AvgIpc) is 2.98. The molecule has 0 unspecified atom stereocenters. The lowest BCUT2D eigenvalue weighted by atomic mass is 10.1. The van der Waals surface area contributed by atoms with Gasteiger partial charge in [0.05, 0.1) is 0 Å². The highest BCUT2D eigenvalue weighted by Crippen LogP contribution is 2.23. The first-order valence-corrected chi connectivity index (χ1v) is 8.70. The van der Waals surface area contributed by atoms with Crippen LogP contribution in [0.25, 0.3) is 10.9 Å². The number of aromatic nitrogens is 2. The van der Waals surface area contributed by atoms with Crippen LogP contribution in [0.3, 0.4) is 0 Å². The number of nitrogens with zero attached hydrogens (tertiary/aromatic N) is 3. The van der Waals surface area contributed by atoms with E-state index in [4.69, 9.17) is 0 Å². The summed E-state index contributed by atoms with van der Waals surface area (Å²) in [4.78, 5) is 24.3. The second-order valence-electron chi connectivity index (χ2n) is 6.58. The molecule has 1 amide bonds. The van der Waals surface area contributed by atoms with Gasteiger partial charge in [-0.2, -0.15) is 0 Å². The van der Waals surface area contributed by atoms with Gasteiger partial charge < -0.3 is 9.88 Å². The maximum absolute atomic E-state index is 12.5. The number of para-hydroxylation sites is 1. The largest absolute Gasteiger partial charge is 0.358 e. The molecule has 1 fully saturated rings. The summed E-state index contributed by atoms with van der Waals surface area (Å²) < 4.78 is 0. The second-order valence-corrected chi connectivity index (χ2v) is 6.58. The number of rotatable bonds is 3. The quantitative estimate of drug-likeness (QED) is 0.801. The minimum absolute atomic E-state index is 0.102. The van der Waals surface area contributed by atoms with Gasteiger partial charge in [0.1, 0.15) is 0 Å². The van der Waals surface area contributed by atoms with Gasteiger partial charge in [0.25, 0.3) is 5.91 Å². The molecule has 1 N–H and O–H groups in total. The molecule has 0 spiro atoms. The highest BCUT2D eigenvalue weighted by Gasteiger charge is 2.23. The normalized spacial score (nSPS) is 15.6. The van der Waals surface area contributed by atoms with Crippen LogP contribution in [0.4, 0.5) is 0 Å². The van der Waals surface area contributed by atoms with E-state index in [9.17, 15) is 4.79 Å². The molecule has 128 valence electrons. The Bertz CT molecular complexity index is 879. The van der Waals surface area contributed by atoms with Gasteiger partial charge in [0.2, 0.25) is 0 Å². The van der Waals surface area contributed by atoms with E-state index in [-0.39, 0.29) is 5.91 Å². The van der Waals surface area contributed by atoms with Crippen LogP contribution in [0.2, 0.25) is 0 Å². The fraction of sp³-hybridized carbons (Fsp3) is 0.300. The second kappa shape index (κ2) is 6.69. The Morgan fingerprint density at radius 2 is 1.80 bits per heavy atom. The lowest BCUT2D eigenvalue weighted by Gasteiger charge is -2.34. The van der Waals surface area contributed by atoms with Gasteiger partial charge in [-0.15, -0.1) is 0 Å². The standard InChI is InChI=1S/C20H22N4O/c1-15-18(17-4-2-3-5-19(17)22-15)14-23-10-12-24(13-11-23)20(25)16-6-8-21-9-7-16/h2-9,22H,10-14H2,1H3. The first-order chi connectivity index (χ1) is 12.2. The molecular formula is C20H22N4O. The van der Waals surface area contributed by atoms with Crippen molar-refractivity contribution < 1.29 is 4.79 Å². The molecule has 2 aromatic heterocycles. The Morgan fingerprint density at radius 1 is 1.08 bits per heavy atom. The summed E-state index contributed by atoms with van der Waals surface area (Å²) in [7, 11) is 0. The van der Waals surface area contributed by atoms with Crippen LogP contribution in [0, 0.1) is 6.92 Å². The van der Waals surface area contributed by atoms with Gasteiger partial charge in [-0.05, 0) is 30.7 Å². The van der Waals surface area contributed by atoms with Gasteiger partial charge in [-0.3, -0.25) is 14.7 Å². The fourth-order valence-corrected chi connectivity index (χ4v) is 3.55. The number of amides is 1. The molecule has 0 atom stereocenters. The zero-order valence-electron chi connectivity index (χ0n) is 14.4. The molecule has 0 bridgehead atoms. The molecule has 5 heteroatoms. The zero-order chi connectivity index (χ0) is 17.2. The van der Waals surface area contributed by atoms with Gasteiger partial charge in [-0.25, -0.2) is 0 Å². The van der Waals surface area contributed by atoms with E-state index in [1.54, 1.807) is 24.5 Å². The van der Waals surface area contributed by atoms with Crippen LogP contribution in [0.1, 0.15) is 21.6 Å². The third-order valence-corrected chi connectivity index (χ3v) is 5.00. The molecule has 1 aliphatic rings. The van der Waals surface area contributed by atoms with E-state index in [2.05, 4.69) is 46.1 Å². The molecule has 3 aromatic rings. The van der Waals surface area contributed by atoms with Crippen LogP contribution in [-0.2, 0) is 6.54 Å². The predicted molar refractivity (Wildman–Crippen MR) is 98.5 cm³/mol. The number of benzene rings is 1. The monoisotopic (exact) mass is 334 g/mol. The number of pyridine rings is 1.